The molecule has 4 heteroatoms. The number of rotatable bonds is 8. The van der Waals surface area contributed by atoms with Crippen LogP contribution in [0.3, 0.4) is 0 Å². The Balaban J connectivity index is 2.10. The van der Waals surface area contributed by atoms with Crippen LogP contribution in [0.15, 0.2) is 0 Å². The summed E-state index contributed by atoms with van der Waals surface area (Å²) in [5.74, 6) is 0.877. The molecule has 0 bridgehead atoms. The van der Waals surface area contributed by atoms with Crippen molar-refractivity contribution >= 4 is 5.91 Å². The molecular weight excluding hydrogens is 204 g/mol. The molecule has 0 aliphatic heterocycles. The Kier molecular flexibility index (Phi) is 5.77. The molecule has 1 fully saturated rings. The second kappa shape index (κ2) is 6.86. The van der Waals surface area contributed by atoms with Gasteiger partial charge < -0.3 is 15.4 Å². The maximum absolute atomic E-state index is 11.4. The minimum Gasteiger partial charge on any atom is -0.383 e. The molecule has 1 atom stereocenters. The SMILES string of the molecule is COCC(NCCC(=O)NC(C)C)C1CC1. The molecule has 1 unspecified atom stereocenters. The van der Waals surface area contributed by atoms with Crippen LogP contribution in [0.1, 0.15) is 33.1 Å². The van der Waals surface area contributed by atoms with Gasteiger partial charge in [-0.15, -0.1) is 0 Å². The Morgan fingerprint density at radius 2 is 2.12 bits per heavy atom. The number of ether oxygens (including phenoxy) is 1. The smallest absolute Gasteiger partial charge is 0.221 e. The first-order valence-electron chi connectivity index (χ1n) is 6.15. The van der Waals surface area contributed by atoms with E-state index in [1.165, 1.54) is 12.8 Å². The van der Waals surface area contributed by atoms with Crippen molar-refractivity contribution < 1.29 is 9.53 Å². The van der Waals surface area contributed by atoms with Crippen LogP contribution in [-0.2, 0) is 9.53 Å². The van der Waals surface area contributed by atoms with Crippen molar-refractivity contribution in [1.29, 1.82) is 0 Å². The van der Waals surface area contributed by atoms with Gasteiger partial charge in [-0.2, -0.15) is 0 Å². The van der Waals surface area contributed by atoms with Crippen LogP contribution < -0.4 is 10.6 Å². The molecule has 1 rings (SSSR count). The van der Waals surface area contributed by atoms with Gasteiger partial charge >= 0.3 is 0 Å². The van der Waals surface area contributed by atoms with Gasteiger partial charge in [-0.05, 0) is 32.6 Å². The van der Waals surface area contributed by atoms with Gasteiger partial charge in [0, 0.05) is 32.2 Å². The summed E-state index contributed by atoms with van der Waals surface area (Å²) < 4.78 is 5.16. The summed E-state index contributed by atoms with van der Waals surface area (Å²) in [7, 11) is 1.72. The second-order valence-corrected chi connectivity index (χ2v) is 4.83. The molecule has 0 heterocycles. The molecule has 2 N–H and O–H groups in total. The second-order valence-electron chi connectivity index (χ2n) is 4.83. The topological polar surface area (TPSA) is 50.4 Å². The lowest BCUT2D eigenvalue weighted by molar-refractivity contribution is -0.121. The van der Waals surface area contributed by atoms with Crippen LogP contribution in [0.4, 0.5) is 0 Å². The van der Waals surface area contributed by atoms with Crippen molar-refractivity contribution in [2.45, 2.75) is 45.2 Å². The highest BCUT2D eigenvalue weighted by Crippen LogP contribution is 2.32. The fraction of sp³-hybridized carbons (Fsp3) is 0.917. The van der Waals surface area contributed by atoms with E-state index < -0.39 is 0 Å². The first-order chi connectivity index (χ1) is 7.63. The number of methoxy groups -OCH3 is 1. The number of hydrogen-bond donors (Lipinski definition) is 2. The normalized spacial score (nSPS) is 17.5. The highest BCUT2D eigenvalue weighted by atomic mass is 16.5. The average Bonchev–Trinajstić information content (AvgIpc) is 2.98. The standard InChI is InChI=1S/C12H24N2O2/c1-9(2)14-12(15)6-7-13-11(8-16-3)10-4-5-10/h9-11,13H,4-8H2,1-3H3,(H,14,15). The lowest BCUT2D eigenvalue weighted by Crippen LogP contribution is -2.38. The van der Waals surface area contributed by atoms with Crippen LogP contribution in [0.5, 0.6) is 0 Å². The summed E-state index contributed by atoms with van der Waals surface area (Å²) in [6.45, 7) is 5.44. The maximum Gasteiger partial charge on any atom is 0.221 e. The summed E-state index contributed by atoms with van der Waals surface area (Å²) in [4.78, 5) is 11.4. The third-order valence-electron chi connectivity index (χ3n) is 2.75. The van der Waals surface area contributed by atoms with Gasteiger partial charge in [0.15, 0.2) is 0 Å². The van der Waals surface area contributed by atoms with E-state index in [0.717, 1.165) is 19.1 Å². The Hall–Kier alpha value is -0.610. The molecule has 0 aromatic rings. The molecule has 16 heavy (non-hydrogen) atoms. The van der Waals surface area contributed by atoms with E-state index in [1.807, 2.05) is 13.8 Å². The van der Waals surface area contributed by atoms with Crippen LogP contribution >= 0.6 is 0 Å². The van der Waals surface area contributed by atoms with Gasteiger partial charge in [-0.25, -0.2) is 0 Å². The molecule has 94 valence electrons. The van der Waals surface area contributed by atoms with E-state index in [4.69, 9.17) is 4.74 Å². The van der Waals surface area contributed by atoms with E-state index in [-0.39, 0.29) is 11.9 Å². The van der Waals surface area contributed by atoms with Gasteiger partial charge in [0.1, 0.15) is 0 Å². The largest absolute Gasteiger partial charge is 0.383 e. The van der Waals surface area contributed by atoms with Gasteiger partial charge in [0.2, 0.25) is 5.91 Å². The van der Waals surface area contributed by atoms with Crippen LogP contribution in [-0.4, -0.2) is 38.3 Å². The Morgan fingerprint density at radius 1 is 1.44 bits per heavy atom. The highest BCUT2D eigenvalue weighted by molar-refractivity contribution is 5.76. The monoisotopic (exact) mass is 228 g/mol. The summed E-state index contributed by atoms with van der Waals surface area (Å²) in [6, 6.07) is 0.655. The molecule has 0 spiro atoms. The van der Waals surface area contributed by atoms with Crippen LogP contribution in [0.25, 0.3) is 0 Å². The van der Waals surface area contributed by atoms with Crippen molar-refractivity contribution in [2.75, 3.05) is 20.3 Å². The quantitative estimate of drug-likeness (QED) is 0.649. The summed E-state index contributed by atoms with van der Waals surface area (Å²) >= 11 is 0. The molecule has 0 radical (unpaired) electrons. The first-order valence-corrected chi connectivity index (χ1v) is 6.15. The lowest BCUT2D eigenvalue weighted by Gasteiger charge is -2.17. The first kappa shape index (κ1) is 13.5. The molecule has 1 aliphatic rings. The molecular formula is C12H24N2O2. The molecule has 0 aromatic carbocycles. The van der Waals surface area contributed by atoms with Crippen molar-refractivity contribution in [1.82, 2.24) is 10.6 Å². The van der Waals surface area contributed by atoms with Crippen molar-refractivity contribution in [3.8, 4) is 0 Å². The average molecular weight is 228 g/mol. The zero-order valence-electron chi connectivity index (χ0n) is 10.6. The van der Waals surface area contributed by atoms with Crippen LogP contribution in [0, 0.1) is 5.92 Å². The maximum atomic E-state index is 11.4. The minimum absolute atomic E-state index is 0.120. The van der Waals surface area contributed by atoms with E-state index in [0.29, 0.717) is 12.5 Å². The zero-order chi connectivity index (χ0) is 12.0. The fourth-order valence-corrected chi connectivity index (χ4v) is 1.81. The zero-order valence-corrected chi connectivity index (χ0v) is 10.6. The molecule has 1 amide bonds. The third-order valence-corrected chi connectivity index (χ3v) is 2.75. The Morgan fingerprint density at radius 3 is 2.62 bits per heavy atom. The molecule has 0 aromatic heterocycles. The number of amides is 1. The van der Waals surface area contributed by atoms with E-state index in [1.54, 1.807) is 7.11 Å². The minimum atomic E-state index is 0.120. The fourth-order valence-electron chi connectivity index (χ4n) is 1.81. The summed E-state index contributed by atoms with van der Waals surface area (Å²) in [6.07, 6.45) is 3.13. The summed E-state index contributed by atoms with van der Waals surface area (Å²) in [5, 5.41) is 6.28. The van der Waals surface area contributed by atoms with Crippen molar-refractivity contribution in [2.24, 2.45) is 5.92 Å². The Labute approximate surface area is 98.1 Å². The van der Waals surface area contributed by atoms with Crippen LogP contribution in [0.2, 0.25) is 0 Å². The number of nitrogens with one attached hydrogen (secondary N) is 2. The van der Waals surface area contributed by atoms with E-state index >= 15 is 0 Å². The predicted molar refractivity (Wildman–Crippen MR) is 64.3 cm³/mol. The molecule has 4 nitrogen and oxygen atoms in total. The third kappa shape index (κ3) is 5.47. The van der Waals surface area contributed by atoms with Gasteiger partial charge in [-0.1, -0.05) is 0 Å². The molecule has 0 saturated heterocycles. The van der Waals surface area contributed by atoms with Gasteiger partial charge in [0.05, 0.1) is 6.61 Å². The highest BCUT2D eigenvalue weighted by Gasteiger charge is 2.30. The number of hydrogen-bond acceptors (Lipinski definition) is 3. The predicted octanol–water partition coefficient (Wildman–Crippen LogP) is 0.916. The Bertz CT molecular complexity index is 215. The lowest BCUT2D eigenvalue weighted by atomic mass is 10.2. The molecule has 1 saturated carbocycles. The van der Waals surface area contributed by atoms with Gasteiger partial charge in [-0.3, -0.25) is 4.79 Å². The van der Waals surface area contributed by atoms with Gasteiger partial charge in [0.25, 0.3) is 0 Å². The van der Waals surface area contributed by atoms with E-state index in [9.17, 15) is 4.79 Å². The number of carbonyl (C=O) groups is 1. The number of carbonyl (C=O) groups excluding carboxylic acids is 1. The van der Waals surface area contributed by atoms with Crippen molar-refractivity contribution in [3.63, 3.8) is 0 Å². The van der Waals surface area contributed by atoms with E-state index in [2.05, 4.69) is 10.6 Å². The molecule has 1 aliphatic carbocycles. The summed E-state index contributed by atoms with van der Waals surface area (Å²) in [5.41, 5.74) is 0. The van der Waals surface area contributed by atoms with Crippen molar-refractivity contribution in [3.05, 3.63) is 0 Å².